The minimum absolute atomic E-state index is 0. The van der Waals surface area contributed by atoms with Crippen molar-refractivity contribution in [3.05, 3.63) is 6.61 Å². The minimum atomic E-state index is 0. The maximum Gasteiger partial charge on any atom is 0 e. The van der Waals surface area contributed by atoms with E-state index in [1.165, 1.54) is 0 Å². The van der Waals surface area contributed by atoms with E-state index in [0.717, 1.165) is 0 Å². The van der Waals surface area contributed by atoms with Crippen LogP contribution in [-0.2, 0) is 32.7 Å². The van der Waals surface area contributed by atoms with Gasteiger partial charge in [-0.1, -0.05) is 6.61 Å². The summed E-state index contributed by atoms with van der Waals surface area (Å²) in [6, 6.07) is 0. The van der Waals surface area contributed by atoms with Crippen molar-refractivity contribution in [1.29, 1.82) is 0 Å². The zero-order valence-electron chi connectivity index (χ0n) is 2.68. The molecule has 25 valence electrons. The Labute approximate surface area is 56.6 Å². The Morgan fingerprint density at radius 1 is 1.80 bits per heavy atom. The standard InChI is InChI=1S/C3H3O.Y/c1-2-3-4;/h1,3-4H;/q-1;. The normalized spacial score (nSPS) is 3.20. The molecule has 0 saturated heterocycles. The van der Waals surface area contributed by atoms with Crippen molar-refractivity contribution in [2.75, 3.05) is 0 Å². The molecule has 0 unspecified atom stereocenters. The molecule has 0 aromatic heterocycles. The van der Waals surface area contributed by atoms with E-state index in [4.69, 9.17) is 5.11 Å². The van der Waals surface area contributed by atoms with E-state index in [2.05, 4.69) is 6.42 Å². The topological polar surface area (TPSA) is 20.2 Å². The molecule has 0 heterocycles. The summed E-state index contributed by atoms with van der Waals surface area (Å²) in [7, 11) is 0. The molecule has 0 amide bonds. The first-order chi connectivity index (χ1) is 1.91. The summed E-state index contributed by atoms with van der Waals surface area (Å²) in [5, 5.41) is 7.51. The van der Waals surface area contributed by atoms with E-state index < -0.39 is 0 Å². The van der Waals surface area contributed by atoms with Gasteiger partial charge in [0, 0.05) is 32.7 Å². The summed E-state index contributed by atoms with van der Waals surface area (Å²) in [5.74, 6) is 1.86. The Bertz CT molecular complexity index is 36.6. The Hall–Kier alpha value is 0.494. The predicted octanol–water partition coefficient (Wildman–Crippen LogP) is 0.151. The number of aliphatic hydroxyl groups is 1. The van der Waals surface area contributed by atoms with Crippen molar-refractivity contribution in [3.63, 3.8) is 0 Å². The number of rotatable bonds is 0. The maximum atomic E-state index is 7.51. The van der Waals surface area contributed by atoms with E-state index in [-0.39, 0.29) is 32.7 Å². The molecule has 0 atom stereocenters. The molecule has 0 spiro atoms. The van der Waals surface area contributed by atoms with Gasteiger partial charge in [0.15, 0.2) is 0 Å². The molecule has 2 heteroatoms. The fourth-order valence-electron chi connectivity index (χ4n) is 0. The molecular weight excluding hydrogens is 141 g/mol. The molecule has 1 nitrogen and oxygen atoms in total. The second-order valence-corrected chi connectivity index (χ2v) is 0.296. The maximum absolute atomic E-state index is 7.51. The van der Waals surface area contributed by atoms with Gasteiger partial charge in [-0.15, -0.1) is 0 Å². The molecular formula is C3H3OY-. The second kappa shape index (κ2) is 8.82. The Balaban J connectivity index is 0. The molecule has 0 bridgehead atoms. The summed E-state index contributed by atoms with van der Waals surface area (Å²) in [6.07, 6.45) is 4.47. The Kier molecular flexibility index (Phi) is 16.0. The van der Waals surface area contributed by atoms with Crippen molar-refractivity contribution in [2.24, 2.45) is 0 Å². The molecule has 5 heavy (non-hydrogen) atoms. The van der Waals surface area contributed by atoms with Crippen LogP contribution in [0.2, 0.25) is 0 Å². The van der Waals surface area contributed by atoms with Gasteiger partial charge >= 0.3 is 0 Å². The Morgan fingerprint density at radius 2 is 2.00 bits per heavy atom. The van der Waals surface area contributed by atoms with Crippen LogP contribution in [0, 0.1) is 19.0 Å². The molecule has 0 aliphatic heterocycles. The van der Waals surface area contributed by atoms with Crippen molar-refractivity contribution in [3.8, 4) is 12.3 Å². The average Bonchev–Trinajstić information content (AvgIpc) is 1.37. The molecule has 0 aliphatic rings. The van der Waals surface area contributed by atoms with Crippen molar-refractivity contribution in [1.82, 2.24) is 0 Å². The molecule has 1 N–H and O–H groups in total. The smallest absolute Gasteiger partial charge is 0 e. The second-order valence-electron chi connectivity index (χ2n) is 0.296. The summed E-state index contributed by atoms with van der Waals surface area (Å²) >= 11 is 0. The van der Waals surface area contributed by atoms with Crippen LogP contribution in [0.1, 0.15) is 0 Å². The van der Waals surface area contributed by atoms with Gasteiger partial charge in [0.1, 0.15) is 0 Å². The van der Waals surface area contributed by atoms with Gasteiger partial charge in [0.25, 0.3) is 0 Å². The molecule has 0 aliphatic carbocycles. The first kappa shape index (κ1) is 9.09. The quantitative estimate of drug-likeness (QED) is 0.379. The van der Waals surface area contributed by atoms with E-state index in [0.29, 0.717) is 6.61 Å². The third-order valence-corrected chi connectivity index (χ3v) is 0.0745. The molecule has 0 rings (SSSR count). The fourth-order valence-corrected chi connectivity index (χ4v) is 0. The van der Waals surface area contributed by atoms with Crippen LogP contribution in [0.3, 0.4) is 0 Å². The van der Waals surface area contributed by atoms with Crippen LogP contribution in [0.5, 0.6) is 0 Å². The fraction of sp³-hybridized carbons (Fsp3) is 0. The molecule has 0 aromatic rings. The average molecular weight is 144 g/mol. The monoisotopic (exact) mass is 144 g/mol. The van der Waals surface area contributed by atoms with Crippen LogP contribution < -0.4 is 0 Å². The van der Waals surface area contributed by atoms with E-state index in [1.807, 2.05) is 5.92 Å². The summed E-state index contributed by atoms with van der Waals surface area (Å²) < 4.78 is 0. The van der Waals surface area contributed by atoms with Gasteiger partial charge in [-0.25, -0.2) is 0 Å². The summed E-state index contributed by atoms with van der Waals surface area (Å²) in [6.45, 7) is 0.653. The van der Waals surface area contributed by atoms with Crippen LogP contribution in [0.15, 0.2) is 0 Å². The zero-order chi connectivity index (χ0) is 3.41. The van der Waals surface area contributed by atoms with E-state index >= 15 is 0 Å². The van der Waals surface area contributed by atoms with Gasteiger partial charge in [-0.05, 0) is 0 Å². The van der Waals surface area contributed by atoms with Crippen LogP contribution in [-0.4, -0.2) is 5.11 Å². The largest absolute Gasteiger partial charge is 0.449 e. The number of hydrogen-bond acceptors (Lipinski definition) is 1. The van der Waals surface area contributed by atoms with Crippen LogP contribution in [0.4, 0.5) is 0 Å². The van der Waals surface area contributed by atoms with Crippen molar-refractivity contribution < 1.29 is 37.8 Å². The summed E-state index contributed by atoms with van der Waals surface area (Å²) in [5.41, 5.74) is 0. The van der Waals surface area contributed by atoms with Crippen LogP contribution >= 0.6 is 0 Å². The van der Waals surface area contributed by atoms with Gasteiger partial charge in [-0.3, -0.25) is 5.92 Å². The minimum Gasteiger partial charge on any atom is -0.449 e. The first-order valence-electron chi connectivity index (χ1n) is 0.836. The Morgan fingerprint density at radius 3 is 2.00 bits per heavy atom. The third kappa shape index (κ3) is 12.5. The van der Waals surface area contributed by atoms with E-state index in [9.17, 15) is 0 Å². The zero-order valence-corrected chi connectivity index (χ0v) is 5.52. The van der Waals surface area contributed by atoms with Crippen molar-refractivity contribution in [2.45, 2.75) is 0 Å². The number of aliphatic hydroxyl groups excluding tert-OH is 1. The summed E-state index contributed by atoms with van der Waals surface area (Å²) in [4.78, 5) is 0. The first-order valence-corrected chi connectivity index (χ1v) is 0.836. The van der Waals surface area contributed by atoms with Crippen molar-refractivity contribution >= 4 is 0 Å². The van der Waals surface area contributed by atoms with Gasteiger partial charge in [0.05, 0.1) is 0 Å². The number of hydrogen-bond donors (Lipinski definition) is 1. The predicted molar refractivity (Wildman–Crippen MR) is 15.1 cm³/mol. The molecule has 1 radical (unpaired) electrons. The third-order valence-electron chi connectivity index (χ3n) is 0.0745. The molecule has 0 fully saturated rings. The van der Waals surface area contributed by atoms with Gasteiger partial charge in [0.2, 0.25) is 0 Å². The van der Waals surface area contributed by atoms with Gasteiger partial charge in [-0.2, -0.15) is 0 Å². The van der Waals surface area contributed by atoms with E-state index in [1.54, 1.807) is 0 Å². The number of terminal acetylenes is 1. The van der Waals surface area contributed by atoms with Crippen LogP contribution in [0.25, 0.3) is 0 Å². The van der Waals surface area contributed by atoms with Gasteiger partial charge < -0.3 is 11.5 Å². The molecule has 0 aromatic carbocycles. The molecule has 0 saturated carbocycles. The SMILES string of the molecule is C#C[CH-]O.[Y].